The fourth-order valence-corrected chi connectivity index (χ4v) is 2.07. The molecule has 1 aliphatic heterocycles. The number of thiol groups is 1. The molecule has 1 aliphatic rings. The lowest BCUT2D eigenvalue weighted by atomic mass is 10.1. The van der Waals surface area contributed by atoms with Crippen LogP contribution in [0.3, 0.4) is 0 Å². The molecule has 1 amide bonds. The molecule has 1 N–H and O–H groups in total. The fourth-order valence-electron chi connectivity index (χ4n) is 1.82. The minimum absolute atomic E-state index is 0.00921. The van der Waals surface area contributed by atoms with Crippen LogP contribution in [-0.4, -0.2) is 23.3 Å². The molecule has 0 aromatic heterocycles. The summed E-state index contributed by atoms with van der Waals surface area (Å²) in [7, 11) is 0. The van der Waals surface area contributed by atoms with Gasteiger partial charge in [-0.25, -0.2) is 4.39 Å². The first kappa shape index (κ1) is 11.3. The molecule has 0 saturated carbocycles. The van der Waals surface area contributed by atoms with Crippen LogP contribution in [0.4, 0.5) is 10.1 Å². The van der Waals surface area contributed by atoms with E-state index in [1.165, 1.54) is 12.1 Å². The molecule has 1 fully saturated rings. The van der Waals surface area contributed by atoms with Crippen LogP contribution < -0.4 is 4.90 Å². The topological polar surface area (TPSA) is 40.5 Å². The van der Waals surface area contributed by atoms with Gasteiger partial charge in [-0.3, -0.25) is 4.79 Å². The van der Waals surface area contributed by atoms with E-state index >= 15 is 0 Å². The molecular formula is C11H12FNO2S. The summed E-state index contributed by atoms with van der Waals surface area (Å²) in [5.74, 6) is -0.246. The number of hydrogen-bond acceptors (Lipinski definition) is 3. The number of phenols is 1. The van der Waals surface area contributed by atoms with Crippen LogP contribution in [0.25, 0.3) is 0 Å². The quantitative estimate of drug-likeness (QED) is 0.775. The lowest BCUT2D eigenvalue weighted by Crippen LogP contribution is -2.24. The first-order valence-electron chi connectivity index (χ1n) is 5.01. The van der Waals surface area contributed by atoms with Gasteiger partial charge in [0.05, 0.1) is 0 Å². The van der Waals surface area contributed by atoms with Crippen LogP contribution >= 0.6 is 12.6 Å². The van der Waals surface area contributed by atoms with Crippen molar-refractivity contribution in [1.29, 1.82) is 0 Å². The van der Waals surface area contributed by atoms with E-state index in [-0.39, 0.29) is 11.8 Å². The summed E-state index contributed by atoms with van der Waals surface area (Å²) in [4.78, 5) is 13.2. The van der Waals surface area contributed by atoms with Gasteiger partial charge in [0.25, 0.3) is 0 Å². The molecule has 0 radical (unpaired) electrons. The van der Waals surface area contributed by atoms with Gasteiger partial charge >= 0.3 is 0 Å². The summed E-state index contributed by atoms with van der Waals surface area (Å²) in [6.45, 7) is 0.577. The molecule has 1 unspecified atom stereocenters. The zero-order chi connectivity index (χ0) is 11.7. The molecule has 3 nitrogen and oxygen atoms in total. The monoisotopic (exact) mass is 241 g/mol. The molecular weight excluding hydrogens is 229 g/mol. The number of aromatic hydroxyl groups is 1. The predicted molar refractivity (Wildman–Crippen MR) is 62.4 cm³/mol. The minimum atomic E-state index is -0.679. The summed E-state index contributed by atoms with van der Waals surface area (Å²) in [6, 6.07) is 3.92. The van der Waals surface area contributed by atoms with E-state index < -0.39 is 11.6 Å². The van der Waals surface area contributed by atoms with Crippen LogP contribution in [0.2, 0.25) is 0 Å². The third kappa shape index (κ3) is 2.00. The van der Waals surface area contributed by atoms with Gasteiger partial charge in [-0.2, -0.15) is 12.6 Å². The Morgan fingerprint density at radius 2 is 2.31 bits per heavy atom. The third-order valence-corrected chi connectivity index (χ3v) is 3.22. The maximum absolute atomic E-state index is 12.9. The van der Waals surface area contributed by atoms with E-state index in [1.54, 1.807) is 4.90 Å². The van der Waals surface area contributed by atoms with Crippen molar-refractivity contribution in [3.63, 3.8) is 0 Å². The minimum Gasteiger partial charge on any atom is -0.505 e. The van der Waals surface area contributed by atoms with Gasteiger partial charge in [0.1, 0.15) is 0 Å². The number of nitrogens with zero attached hydrogens (tertiary/aromatic N) is 1. The Morgan fingerprint density at radius 3 is 2.88 bits per heavy atom. The number of amides is 1. The Hall–Kier alpha value is -1.23. The highest BCUT2D eigenvalue weighted by atomic mass is 32.1. The van der Waals surface area contributed by atoms with Gasteiger partial charge in [-0.1, -0.05) is 0 Å². The molecule has 1 aromatic rings. The lowest BCUT2D eigenvalue weighted by molar-refractivity contribution is -0.117. The number of carbonyl (C=O) groups excluding carboxylic acids is 1. The summed E-state index contributed by atoms with van der Waals surface area (Å²) >= 11 is 4.16. The number of rotatable bonds is 2. The van der Waals surface area contributed by atoms with Crippen molar-refractivity contribution in [3.05, 3.63) is 24.0 Å². The van der Waals surface area contributed by atoms with Gasteiger partial charge in [0.2, 0.25) is 5.91 Å². The van der Waals surface area contributed by atoms with Crippen molar-refractivity contribution in [3.8, 4) is 5.75 Å². The second-order valence-corrected chi connectivity index (χ2v) is 4.26. The second kappa shape index (κ2) is 4.33. The van der Waals surface area contributed by atoms with Crippen molar-refractivity contribution in [1.82, 2.24) is 0 Å². The molecule has 1 heterocycles. The average Bonchev–Trinajstić information content (AvgIpc) is 2.64. The molecule has 0 spiro atoms. The molecule has 1 aromatic carbocycles. The number of halogens is 1. The molecule has 16 heavy (non-hydrogen) atoms. The predicted octanol–water partition coefficient (Wildman–Crippen LogP) is 1.81. The molecule has 1 saturated heterocycles. The van der Waals surface area contributed by atoms with E-state index in [0.29, 0.717) is 24.4 Å². The van der Waals surface area contributed by atoms with Crippen molar-refractivity contribution < 1.29 is 14.3 Å². The van der Waals surface area contributed by atoms with E-state index in [2.05, 4.69) is 12.6 Å². The van der Waals surface area contributed by atoms with E-state index in [4.69, 9.17) is 0 Å². The lowest BCUT2D eigenvalue weighted by Gasteiger charge is -2.16. The Balaban J connectivity index is 2.24. The highest BCUT2D eigenvalue weighted by Crippen LogP contribution is 2.29. The van der Waals surface area contributed by atoms with Gasteiger partial charge in [0, 0.05) is 24.7 Å². The first-order chi connectivity index (χ1) is 7.61. The zero-order valence-corrected chi connectivity index (χ0v) is 9.45. The van der Waals surface area contributed by atoms with E-state index in [1.807, 2.05) is 0 Å². The largest absolute Gasteiger partial charge is 0.505 e. The Kier molecular flexibility index (Phi) is 3.05. The summed E-state index contributed by atoms with van der Waals surface area (Å²) in [6.07, 6.45) is 0.460. The van der Waals surface area contributed by atoms with E-state index in [9.17, 15) is 14.3 Å². The van der Waals surface area contributed by atoms with Gasteiger partial charge in [-0.05, 0) is 23.8 Å². The molecule has 2 rings (SSSR count). The van der Waals surface area contributed by atoms with Crippen LogP contribution in [0, 0.1) is 11.7 Å². The Labute approximate surface area is 98.3 Å². The third-order valence-electron chi connectivity index (χ3n) is 2.70. The average molecular weight is 241 g/mol. The molecule has 5 heteroatoms. The first-order valence-corrected chi connectivity index (χ1v) is 5.65. The zero-order valence-electron chi connectivity index (χ0n) is 8.56. The summed E-state index contributed by atoms with van der Waals surface area (Å²) in [5, 5.41) is 9.24. The molecule has 86 valence electrons. The fraction of sp³-hybridized carbons (Fsp3) is 0.364. The normalized spacial score (nSPS) is 20.5. The maximum atomic E-state index is 12.9. The van der Waals surface area contributed by atoms with Crippen molar-refractivity contribution >= 4 is 24.2 Å². The summed E-state index contributed by atoms with van der Waals surface area (Å²) < 4.78 is 12.9. The highest BCUT2D eigenvalue weighted by Gasteiger charge is 2.29. The SMILES string of the molecule is O=C1CC(CS)CN1c1ccc(F)c(O)c1. The number of hydrogen-bond donors (Lipinski definition) is 2. The van der Waals surface area contributed by atoms with E-state index in [0.717, 1.165) is 6.07 Å². The van der Waals surface area contributed by atoms with Crippen molar-refractivity contribution in [2.24, 2.45) is 5.92 Å². The van der Waals surface area contributed by atoms with Crippen molar-refractivity contribution in [2.45, 2.75) is 6.42 Å². The number of phenolic OH excluding ortho intramolecular Hbond substituents is 1. The van der Waals surface area contributed by atoms with Crippen LogP contribution in [0.5, 0.6) is 5.75 Å². The van der Waals surface area contributed by atoms with Crippen LogP contribution in [0.1, 0.15) is 6.42 Å². The van der Waals surface area contributed by atoms with Gasteiger partial charge in [-0.15, -0.1) is 0 Å². The number of carbonyl (C=O) groups is 1. The smallest absolute Gasteiger partial charge is 0.227 e. The molecule has 0 bridgehead atoms. The van der Waals surface area contributed by atoms with Gasteiger partial charge < -0.3 is 10.0 Å². The number of anilines is 1. The Bertz CT molecular complexity index is 424. The van der Waals surface area contributed by atoms with Crippen LogP contribution in [-0.2, 0) is 4.79 Å². The van der Waals surface area contributed by atoms with Crippen LogP contribution in [0.15, 0.2) is 18.2 Å². The maximum Gasteiger partial charge on any atom is 0.227 e. The van der Waals surface area contributed by atoms with Crippen molar-refractivity contribution in [2.75, 3.05) is 17.2 Å². The Morgan fingerprint density at radius 1 is 1.56 bits per heavy atom. The van der Waals surface area contributed by atoms with Gasteiger partial charge in [0.15, 0.2) is 11.6 Å². The second-order valence-electron chi connectivity index (χ2n) is 3.89. The molecule has 1 atom stereocenters. The molecule has 0 aliphatic carbocycles. The summed E-state index contributed by atoms with van der Waals surface area (Å²) in [5.41, 5.74) is 0.535. The highest BCUT2D eigenvalue weighted by molar-refractivity contribution is 7.80. The standard InChI is InChI=1S/C11H12FNO2S/c12-9-2-1-8(4-10(9)14)13-5-7(6-16)3-11(13)15/h1-2,4,7,14,16H,3,5-6H2. The number of benzene rings is 1.